The van der Waals surface area contributed by atoms with Gasteiger partial charge in [-0.25, -0.2) is 8.42 Å². The molecule has 0 saturated carbocycles. The van der Waals surface area contributed by atoms with Gasteiger partial charge in [-0.2, -0.15) is 0 Å². The van der Waals surface area contributed by atoms with E-state index in [4.69, 9.17) is 0 Å². The van der Waals surface area contributed by atoms with Crippen LogP contribution < -0.4 is 10.0 Å². The van der Waals surface area contributed by atoms with Gasteiger partial charge in [-0.3, -0.25) is 9.52 Å². The molecule has 0 bridgehead atoms. The average Bonchev–Trinajstić information content (AvgIpc) is 2.74. The third-order valence-corrected chi connectivity index (χ3v) is 6.29. The largest absolute Gasteiger partial charge is 0.326 e. The van der Waals surface area contributed by atoms with E-state index in [0.29, 0.717) is 24.2 Å². The molecule has 1 amide bonds. The molecule has 3 aromatic carbocycles. The van der Waals surface area contributed by atoms with E-state index in [0.717, 1.165) is 17.5 Å². The number of amides is 1. The number of para-hydroxylation sites is 1. The standard InChI is InChI=1S/C24H26N2O3S/c1-3-19-8-10-20(11-9-19)12-17-24(27)25-21-13-15-22(16-14-21)30(28,29)26-23-7-5-4-6-18(23)2/h4-11,13-16,26H,3,12,17H2,1-2H3,(H,25,27). The highest BCUT2D eigenvalue weighted by atomic mass is 32.2. The second-order valence-electron chi connectivity index (χ2n) is 7.16. The molecule has 3 rings (SSSR count). The molecule has 0 fully saturated rings. The fraction of sp³-hybridized carbons (Fsp3) is 0.208. The van der Waals surface area contributed by atoms with E-state index < -0.39 is 10.0 Å². The van der Waals surface area contributed by atoms with Crippen LogP contribution in [0.5, 0.6) is 0 Å². The summed E-state index contributed by atoms with van der Waals surface area (Å²) in [5, 5.41) is 2.82. The molecule has 0 aromatic heterocycles. The van der Waals surface area contributed by atoms with Crippen LogP contribution in [0.25, 0.3) is 0 Å². The summed E-state index contributed by atoms with van der Waals surface area (Å²) in [5.74, 6) is -0.108. The van der Waals surface area contributed by atoms with Gasteiger partial charge in [0.15, 0.2) is 0 Å². The maximum Gasteiger partial charge on any atom is 0.261 e. The van der Waals surface area contributed by atoms with Crippen LogP contribution in [0, 0.1) is 6.92 Å². The Balaban J connectivity index is 1.58. The summed E-state index contributed by atoms with van der Waals surface area (Å²) in [5.41, 5.74) is 4.34. The maximum absolute atomic E-state index is 12.6. The fourth-order valence-corrected chi connectivity index (χ4v) is 4.16. The normalized spacial score (nSPS) is 11.1. The maximum atomic E-state index is 12.6. The van der Waals surface area contributed by atoms with Gasteiger partial charge in [-0.05, 0) is 66.8 Å². The van der Waals surface area contributed by atoms with E-state index in [9.17, 15) is 13.2 Å². The van der Waals surface area contributed by atoms with Crippen LogP contribution in [0.4, 0.5) is 11.4 Å². The van der Waals surface area contributed by atoms with Gasteiger partial charge >= 0.3 is 0 Å². The Kier molecular flexibility index (Phi) is 6.90. The lowest BCUT2D eigenvalue weighted by Crippen LogP contribution is -2.15. The molecular weight excluding hydrogens is 396 g/mol. The van der Waals surface area contributed by atoms with E-state index >= 15 is 0 Å². The van der Waals surface area contributed by atoms with E-state index in [-0.39, 0.29) is 10.8 Å². The number of hydrogen-bond acceptors (Lipinski definition) is 3. The Morgan fingerprint density at radius 3 is 2.13 bits per heavy atom. The van der Waals surface area contributed by atoms with E-state index in [1.54, 1.807) is 24.3 Å². The minimum atomic E-state index is -3.70. The Bertz CT molecular complexity index is 1110. The zero-order chi connectivity index (χ0) is 21.6. The van der Waals surface area contributed by atoms with E-state index in [1.165, 1.54) is 17.7 Å². The van der Waals surface area contributed by atoms with Crippen molar-refractivity contribution in [2.24, 2.45) is 0 Å². The molecule has 0 unspecified atom stereocenters. The number of hydrogen-bond donors (Lipinski definition) is 2. The highest BCUT2D eigenvalue weighted by Crippen LogP contribution is 2.21. The predicted octanol–water partition coefficient (Wildman–Crippen LogP) is 4.93. The van der Waals surface area contributed by atoms with Crippen molar-refractivity contribution in [3.8, 4) is 0 Å². The first kappa shape index (κ1) is 21.6. The molecule has 0 aliphatic rings. The first-order valence-electron chi connectivity index (χ1n) is 9.93. The summed E-state index contributed by atoms with van der Waals surface area (Å²) in [6.45, 7) is 3.95. The lowest BCUT2D eigenvalue weighted by Gasteiger charge is -2.11. The Morgan fingerprint density at radius 2 is 1.50 bits per heavy atom. The number of sulfonamides is 1. The lowest BCUT2D eigenvalue weighted by molar-refractivity contribution is -0.116. The fourth-order valence-electron chi connectivity index (χ4n) is 3.03. The molecule has 6 heteroatoms. The Hall–Kier alpha value is -3.12. The number of benzene rings is 3. The van der Waals surface area contributed by atoms with Crippen LogP contribution in [-0.2, 0) is 27.7 Å². The number of aryl methyl sites for hydroxylation is 3. The molecule has 2 N–H and O–H groups in total. The predicted molar refractivity (Wildman–Crippen MR) is 121 cm³/mol. The summed E-state index contributed by atoms with van der Waals surface area (Å²) < 4.78 is 27.8. The van der Waals surface area contributed by atoms with Gasteiger partial charge in [0.2, 0.25) is 5.91 Å². The second-order valence-corrected chi connectivity index (χ2v) is 8.85. The Labute approximate surface area is 178 Å². The quantitative estimate of drug-likeness (QED) is 0.540. The summed E-state index contributed by atoms with van der Waals surface area (Å²) in [7, 11) is -3.70. The van der Waals surface area contributed by atoms with Gasteiger partial charge in [0.25, 0.3) is 10.0 Å². The minimum Gasteiger partial charge on any atom is -0.326 e. The number of nitrogens with one attached hydrogen (secondary N) is 2. The SMILES string of the molecule is CCc1ccc(CCC(=O)Nc2ccc(S(=O)(=O)Nc3ccccc3C)cc2)cc1. The number of carbonyl (C=O) groups is 1. The van der Waals surface area contributed by atoms with Crippen LogP contribution >= 0.6 is 0 Å². The van der Waals surface area contributed by atoms with Crippen molar-refractivity contribution in [3.05, 3.63) is 89.5 Å². The van der Waals surface area contributed by atoms with Crippen molar-refractivity contribution < 1.29 is 13.2 Å². The van der Waals surface area contributed by atoms with Gasteiger partial charge in [-0.1, -0.05) is 49.4 Å². The van der Waals surface area contributed by atoms with Gasteiger partial charge in [0.05, 0.1) is 10.6 Å². The van der Waals surface area contributed by atoms with E-state index in [2.05, 4.69) is 29.1 Å². The molecule has 0 atom stereocenters. The zero-order valence-corrected chi connectivity index (χ0v) is 18.0. The molecule has 0 aliphatic carbocycles. The molecule has 0 radical (unpaired) electrons. The first-order valence-corrected chi connectivity index (χ1v) is 11.4. The molecule has 156 valence electrons. The highest BCUT2D eigenvalue weighted by Gasteiger charge is 2.15. The van der Waals surface area contributed by atoms with Crippen molar-refractivity contribution in [1.29, 1.82) is 0 Å². The molecule has 0 spiro atoms. The monoisotopic (exact) mass is 422 g/mol. The molecule has 3 aromatic rings. The second kappa shape index (κ2) is 9.59. The van der Waals surface area contributed by atoms with Crippen LogP contribution in [0.2, 0.25) is 0 Å². The van der Waals surface area contributed by atoms with Gasteiger partial charge in [0.1, 0.15) is 0 Å². The molecule has 0 aliphatic heterocycles. The topological polar surface area (TPSA) is 75.3 Å². The number of carbonyl (C=O) groups excluding carboxylic acids is 1. The molecule has 0 heterocycles. The summed E-state index contributed by atoms with van der Waals surface area (Å²) >= 11 is 0. The number of rotatable bonds is 8. The third-order valence-electron chi connectivity index (χ3n) is 4.91. The van der Waals surface area contributed by atoms with E-state index in [1.807, 2.05) is 31.2 Å². The van der Waals surface area contributed by atoms with Crippen molar-refractivity contribution in [1.82, 2.24) is 0 Å². The van der Waals surface area contributed by atoms with Crippen molar-refractivity contribution in [2.75, 3.05) is 10.0 Å². The van der Waals surface area contributed by atoms with Crippen LogP contribution in [-0.4, -0.2) is 14.3 Å². The molecule has 5 nitrogen and oxygen atoms in total. The van der Waals surface area contributed by atoms with Crippen molar-refractivity contribution in [3.63, 3.8) is 0 Å². The van der Waals surface area contributed by atoms with Gasteiger partial charge in [0, 0.05) is 12.1 Å². The highest BCUT2D eigenvalue weighted by molar-refractivity contribution is 7.92. The molecule has 30 heavy (non-hydrogen) atoms. The summed E-state index contributed by atoms with van der Waals surface area (Å²) in [6, 6.07) is 21.6. The van der Waals surface area contributed by atoms with Crippen LogP contribution in [0.15, 0.2) is 77.7 Å². The smallest absolute Gasteiger partial charge is 0.261 e. The van der Waals surface area contributed by atoms with Crippen LogP contribution in [0.1, 0.15) is 30.0 Å². The number of anilines is 2. The van der Waals surface area contributed by atoms with Crippen LogP contribution in [0.3, 0.4) is 0 Å². The van der Waals surface area contributed by atoms with Crippen molar-refractivity contribution in [2.45, 2.75) is 38.0 Å². The lowest BCUT2D eigenvalue weighted by atomic mass is 10.1. The summed E-state index contributed by atoms with van der Waals surface area (Å²) in [4.78, 5) is 12.4. The first-order chi connectivity index (χ1) is 14.4. The third kappa shape index (κ3) is 5.70. The molecular formula is C24H26N2O3S. The summed E-state index contributed by atoms with van der Waals surface area (Å²) in [6.07, 6.45) is 2.01. The van der Waals surface area contributed by atoms with Gasteiger partial charge < -0.3 is 5.32 Å². The average molecular weight is 423 g/mol. The van der Waals surface area contributed by atoms with Gasteiger partial charge in [-0.15, -0.1) is 0 Å². The minimum absolute atomic E-state index is 0.108. The Morgan fingerprint density at radius 1 is 0.867 bits per heavy atom. The van der Waals surface area contributed by atoms with Crippen molar-refractivity contribution >= 4 is 27.3 Å². The molecule has 0 saturated heterocycles. The zero-order valence-electron chi connectivity index (χ0n) is 17.2.